The van der Waals surface area contributed by atoms with Gasteiger partial charge in [0.25, 0.3) is 5.91 Å². The summed E-state index contributed by atoms with van der Waals surface area (Å²) in [7, 11) is 0. The molecule has 2 rings (SSSR count). The van der Waals surface area contributed by atoms with Crippen molar-refractivity contribution in [2.24, 2.45) is 5.73 Å². The fourth-order valence-electron chi connectivity index (χ4n) is 2.32. The average Bonchev–Trinajstić information content (AvgIpc) is 2.43. The minimum atomic E-state index is -0.538. The molecular formula is C15H21ClN2O2. The van der Waals surface area contributed by atoms with E-state index >= 15 is 0 Å². The van der Waals surface area contributed by atoms with Gasteiger partial charge in [0, 0.05) is 19.1 Å². The van der Waals surface area contributed by atoms with Crippen LogP contribution in [0, 0.1) is 6.92 Å². The number of aryl methyl sites for hydroxylation is 1. The molecule has 0 bridgehead atoms. The number of carbonyl (C=O) groups excluding carboxylic acids is 1. The number of rotatable bonds is 3. The van der Waals surface area contributed by atoms with E-state index in [4.69, 9.17) is 22.1 Å². The molecule has 0 aromatic heterocycles. The molecule has 1 saturated heterocycles. The maximum absolute atomic E-state index is 12.3. The van der Waals surface area contributed by atoms with Crippen LogP contribution in [0.1, 0.15) is 25.3 Å². The van der Waals surface area contributed by atoms with Gasteiger partial charge < -0.3 is 15.4 Å². The van der Waals surface area contributed by atoms with E-state index in [0.717, 1.165) is 18.4 Å². The fourth-order valence-corrected chi connectivity index (χ4v) is 2.48. The Hall–Kier alpha value is -1.26. The first-order valence-corrected chi connectivity index (χ1v) is 7.32. The van der Waals surface area contributed by atoms with Crippen LogP contribution in [0.3, 0.4) is 0 Å². The Bertz CT molecular complexity index is 485. The minimum Gasteiger partial charge on any atom is -0.479 e. The number of likely N-dealkylation sites (tertiary alicyclic amines) is 1. The Morgan fingerprint density at radius 3 is 2.75 bits per heavy atom. The van der Waals surface area contributed by atoms with Crippen LogP contribution in [0.4, 0.5) is 0 Å². The number of piperidine rings is 1. The number of nitrogens with two attached hydrogens (primary N) is 1. The lowest BCUT2D eigenvalue weighted by Gasteiger charge is -2.32. The topological polar surface area (TPSA) is 55.6 Å². The summed E-state index contributed by atoms with van der Waals surface area (Å²) in [6.07, 6.45) is 1.16. The number of benzene rings is 1. The molecule has 0 spiro atoms. The van der Waals surface area contributed by atoms with Gasteiger partial charge in [0.2, 0.25) is 0 Å². The second-order valence-electron chi connectivity index (χ2n) is 5.36. The molecule has 1 fully saturated rings. The maximum atomic E-state index is 12.3. The highest BCUT2D eigenvalue weighted by Gasteiger charge is 2.26. The third-order valence-electron chi connectivity index (χ3n) is 3.59. The molecule has 5 heteroatoms. The van der Waals surface area contributed by atoms with Crippen molar-refractivity contribution in [3.05, 3.63) is 28.8 Å². The quantitative estimate of drug-likeness (QED) is 0.931. The van der Waals surface area contributed by atoms with E-state index in [1.54, 1.807) is 13.0 Å². The second-order valence-corrected chi connectivity index (χ2v) is 5.76. The van der Waals surface area contributed by atoms with Gasteiger partial charge in [-0.3, -0.25) is 4.79 Å². The molecule has 1 aromatic carbocycles. The molecule has 1 amide bonds. The van der Waals surface area contributed by atoms with Gasteiger partial charge in [-0.2, -0.15) is 0 Å². The molecule has 1 aliphatic rings. The van der Waals surface area contributed by atoms with Gasteiger partial charge in [-0.05, 0) is 44.4 Å². The van der Waals surface area contributed by atoms with Gasteiger partial charge in [0.15, 0.2) is 6.10 Å². The lowest BCUT2D eigenvalue weighted by atomic mass is 10.1. The number of halogens is 1. The van der Waals surface area contributed by atoms with Crippen LogP contribution >= 0.6 is 11.6 Å². The lowest BCUT2D eigenvalue weighted by Crippen LogP contribution is -2.47. The largest absolute Gasteiger partial charge is 0.479 e. The third-order valence-corrected chi connectivity index (χ3v) is 3.90. The van der Waals surface area contributed by atoms with Gasteiger partial charge in [0.05, 0.1) is 5.02 Å². The molecule has 110 valence electrons. The molecular weight excluding hydrogens is 276 g/mol. The maximum Gasteiger partial charge on any atom is 0.263 e. The predicted molar refractivity (Wildman–Crippen MR) is 80.1 cm³/mol. The van der Waals surface area contributed by atoms with E-state index in [1.807, 2.05) is 24.0 Å². The Labute approximate surface area is 124 Å². The molecule has 0 unspecified atom stereocenters. The summed E-state index contributed by atoms with van der Waals surface area (Å²) in [6.45, 7) is 5.13. The van der Waals surface area contributed by atoms with Crippen LogP contribution in [0.5, 0.6) is 5.75 Å². The summed E-state index contributed by atoms with van der Waals surface area (Å²) in [5.41, 5.74) is 6.90. The van der Waals surface area contributed by atoms with Crippen molar-refractivity contribution in [2.75, 3.05) is 13.1 Å². The Kier molecular flexibility index (Phi) is 4.89. The van der Waals surface area contributed by atoms with Crippen LogP contribution < -0.4 is 10.5 Å². The number of hydrogen-bond donors (Lipinski definition) is 1. The highest BCUT2D eigenvalue weighted by atomic mass is 35.5. The SMILES string of the molecule is Cc1ccc(Cl)c(O[C@@H](C)C(=O)N2CCC(N)CC2)c1. The van der Waals surface area contributed by atoms with Crippen LogP contribution in [-0.2, 0) is 4.79 Å². The van der Waals surface area contributed by atoms with E-state index in [9.17, 15) is 4.79 Å². The van der Waals surface area contributed by atoms with Crippen LogP contribution in [0.25, 0.3) is 0 Å². The smallest absolute Gasteiger partial charge is 0.263 e. The van der Waals surface area contributed by atoms with E-state index in [-0.39, 0.29) is 11.9 Å². The Morgan fingerprint density at radius 2 is 2.10 bits per heavy atom. The van der Waals surface area contributed by atoms with E-state index in [2.05, 4.69) is 0 Å². The van der Waals surface area contributed by atoms with E-state index < -0.39 is 6.10 Å². The van der Waals surface area contributed by atoms with Crippen LogP contribution in [-0.4, -0.2) is 36.0 Å². The summed E-state index contributed by atoms with van der Waals surface area (Å²) in [5.74, 6) is 0.552. The highest BCUT2D eigenvalue weighted by Crippen LogP contribution is 2.26. The van der Waals surface area contributed by atoms with Gasteiger partial charge in [-0.1, -0.05) is 17.7 Å². The summed E-state index contributed by atoms with van der Waals surface area (Å²) in [5, 5.41) is 0.524. The highest BCUT2D eigenvalue weighted by molar-refractivity contribution is 6.32. The van der Waals surface area contributed by atoms with Crippen molar-refractivity contribution in [1.82, 2.24) is 4.90 Å². The molecule has 0 aliphatic carbocycles. The van der Waals surface area contributed by atoms with Crippen molar-refractivity contribution in [3.63, 3.8) is 0 Å². The van der Waals surface area contributed by atoms with Gasteiger partial charge in [-0.25, -0.2) is 0 Å². The van der Waals surface area contributed by atoms with Crippen LogP contribution in [0.2, 0.25) is 5.02 Å². The molecule has 2 N–H and O–H groups in total. The number of amides is 1. The summed E-state index contributed by atoms with van der Waals surface area (Å²) < 4.78 is 5.71. The third kappa shape index (κ3) is 3.64. The van der Waals surface area contributed by atoms with Crippen molar-refractivity contribution in [1.29, 1.82) is 0 Å². The van der Waals surface area contributed by atoms with Gasteiger partial charge >= 0.3 is 0 Å². The zero-order valence-electron chi connectivity index (χ0n) is 11.9. The Balaban J connectivity index is 1.98. The van der Waals surface area contributed by atoms with Crippen molar-refractivity contribution in [2.45, 2.75) is 38.8 Å². The second kappa shape index (κ2) is 6.46. The van der Waals surface area contributed by atoms with Crippen molar-refractivity contribution >= 4 is 17.5 Å². The first kappa shape index (κ1) is 15.1. The van der Waals surface area contributed by atoms with Crippen molar-refractivity contribution in [3.8, 4) is 5.75 Å². The zero-order valence-corrected chi connectivity index (χ0v) is 12.7. The Morgan fingerprint density at radius 1 is 1.45 bits per heavy atom. The normalized spacial score (nSPS) is 17.9. The molecule has 1 heterocycles. The number of carbonyl (C=O) groups is 1. The molecule has 0 radical (unpaired) electrons. The van der Waals surface area contributed by atoms with Gasteiger partial charge in [-0.15, -0.1) is 0 Å². The summed E-state index contributed by atoms with van der Waals surface area (Å²) in [4.78, 5) is 14.1. The standard InChI is InChI=1S/C15H21ClN2O2/c1-10-3-4-13(16)14(9-10)20-11(2)15(19)18-7-5-12(17)6-8-18/h3-4,9,11-12H,5-8,17H2,1-2H3/t11-/m0/s1. The molecule has 4 nitrogen and oxygen atoms in total. The molecule has 1 atom stereocenters. The van der Waals surface area contributed by atoms with Crippen molar-refractivity contribution < 1.29 is 9.53 Å². The average molecular weight is 297 g/mol. The first-order chi connectivity index (χ1) is 9.47. The summed E-state index contributed by atoms with van der Waals surface area (Å²) >= 11 is 6.08. The summed E-state index contributed by atoms with van der Waals surface area (Å²) in [6, 6.07) is 5.75. The van der Waals surface area contributed by atoms with E-state index in [0.29, 0.717) is 23.9 Å². The molecule has 1 aliphatic heterocycles. The zero-order chi connectivity index (χ0) is 14.7. The predicted octanol–water partition coefficient (Wildman–Crippen LogP) is 2.37. The minimum absolute atomic E-state index is 0.00512. The van der Waals surface area contributed by atoms with Gasteiger partial charge in [0.1, 0.15) is 5.75 Å². The van der Waals surface area contributed by atoms with Crippen LogP contribution in [0.15, 0.2) is 18.2 Å². The fraction of sp³-hybridized carbons (Fsp3) is 0.533. The lowest BCUT2D eigenvalue weighted by molar-refractivity contribution is -0.139. The number of ether oxygens (including phenoxy) is 1. The number of hydrogen-bond acceptors (Lipinski definition) is 3. The number of nitrogens with zero attached hydrogens (tertiary/aromatic N) is 1. The molecule has 20 heavy (non-hydrogen) atoms. The van der Waals surface area contributed by atoms with E-state index in [1.165, 1.54) is 0 Å². The monoisotopic (exact) mass is 296 g/mol. The molecule has 1 aromatic rings. The first-order valence-electron chi connectivity index (χ1n) is 6.94. The molecule has 0 saturated carbocycles.